The largest absolute Gasteiger partial charge is 0.496 e. The first-order chi connectivity index (χ1) is 27.2. The van der Waals surface area contributed by atoms with Crippen LogP contribution in [0, 0.1) is 0 Å². The van der Waals surface area contributed by atoms with Crippen molar-refractivity contribution in [3.8, 4) is 22.6 Å². The van der Waals surface area contributed by atoms with Gasteiger partial charge >= 0.3 is 5.97 Å². The highest BCUT2D eigenvalue weighted by Gasteiger charge is 2.39. The predicted molar refractivity (Wildman–Crippen MR) is 211 cm³/mol. The minimum absolute atomic E-state index is 0.120. The van der Waals surface area contributed by atoms with Crippen molar-refractivity contribution >= 4 is 50.8 Å². The van der Waals surface area contributed by atoms with Crippen molar-refractivity contribution in [3.05, 3.63) is 111 Å². The summed E-state index contributed by atoms with van der Waals surface area (Å²) in [5.41, 5.74) is 5.48. The van der Waals surface area contributed by atoms with Gasteiger partial charge in [-0.25, -0.2) is 0 Å². The van der Waals surface area contributed by atoms with Gasteiger partial charge < -0.3 is 28.6 Å². The number of piperazine rings is 1. The van der Waals surface area contributed by atoms with Crippen LogP contribution in [0.25, 0.3) is 21.2 Å². The third-order valence-corrected chi connectivity index (χ3v) is 11.7. The molecule has 8 rings (SSSR count). The van der Waals surface area contributed by atoms with Gasteiger partial charge in [-0.05, 0) is 58.8 Å². The molecule has 3 aliphatic rings. The van der Waals surface area contributed by atoms with E-state index in [1.807, 2.05) is 66.0 Å². The average molecular weight is 776 g/mol. The number of carbonyl (C=O) groups excluding carboxylic acids is 4. The number of pyridine rings is 1. The summed E-state index contributed by atoms with van der Waals surface area (Å²) >= 11 is 1.46. The molecule has 5 aromatic rings. The molecule has 0 saturated carbocycles. The Balaban J connectivity index is 0.964. The molecule has 1 atom stereocenters. The van der Waals surface area contributed by atoms with Gasteiger partial charge in [-0.1, -0.05) is 36.4 Å². The molecule has 1 unspecified atom stereocenters. The zero-order valence-electron chi connectivity index (χ0n) is 31.1. The number of amides is 3. The van der Waals surface area contributed by atoms with E-state index < -0.39 is 17.9 Å². The highest BCUT2D eigenvalue weighted by molar-refractivity contribution is 7.17. The lowest BCUT2D eigenvalue weighted by Crippen LogP contribution is -2.52. The SMILES string of the molecule is COc1cc(-c2cn(CC(=O)OCc3ccccc3)c(=O)c3ccsc23)cc(OC)c1CN1CCN(c2ccc3c(c2)C(=O)N(C2CCC(=O)NC2=O)C3)CC1. The fraction of sp³-hybridized carbons (Fsp3) is 0.310. The number of imide groups is 1. The zero-order valence-corrected chi connectivity index (χ0v) is 31.9. The molecule has 0 spiro atoms. The van der Waals surface area contributed by atoms with Crippen molar-refractivity contribution in [2.45, 2.75) is 45.1 Å². The summed E-state index contributed by atoms with van der Waals surface area (Å²) in [6, 6.07) is 20.3. The van der Waals surface area contributed by atoms with Gasteiger partial charge in [0, 0.05) is 73.4 Å². The van der Waals surface area contributed by atoms with Gasteiger partial charge in [-0.15, -0.1) is 11.3 Å². The molecular weight excluding hydrogens is 735 g/mol. The molecule has 0 radical (unpaired) electrons. The van der Waals surface area contributed by atoms with Crippen molar-refractivity contribution in [1.29, 1.82) is 0 Å². The van der Waals surface area contributed by atoms with E-state index in [0.717, 1.165) is 64.4 Å². The van der Waals surface area contributed by atoms with Crippen LogP contribution in [0.3, 0.4) is 0 Å². The van der Waals surface area contributed by atoms with Gasteiger partial charge in [0.05, 0.1) is 25.2 Å². The van der Waals surface area contributed by atoms with Crippen LogP contribution in [0.15, 0.2) is 83.1 Å². The van der Waals surface area contributed by atoms with E-state index in [1.54, 1.807) is 31.4 Å². The van der Waals surface area contributed by atoms with E-state index in [1.165, 1.54) is 15.9 Å². The Kier molecular flexibility index (Phi) is 10.3. The summed E-state index contributed by atoms with van der Waals surface area (Å²) in [4.78, 5) is 70.0. The van der Waals surface area contributed by atoms with Crippen LogP contribution in [0.1, 0.15) is 39.9 Å². The van der Waals surface area contributed by atoms with Crippen LogP contribution in [0.4, 0.5) is 5.69 Å². The quantitative estimate of drug-likeness (QED) is 0.150. The minimum Gasteiger partial charge on any atom is -0.496 e. The third kappa shape index (κ3) is 7.25. The number of anilines is 1. The van der Waals surface area contributed by atoms with E-state index in [2.05, 4.69) is 15.1 Å². The highest BCUT2D eigenvalue weighted by atomic mass is 32.1. The minimum atomic E-state index is -0.643. The number of carbonyl (C=O) groups is 4. The van der Waals surface area contributed by atoms with Crippen LogP contribution in [-0.4, -0.2) is 84.5 Å². The molecule has 0 aliphatic carbocycles. The van der Waals surface area contributed by atoms with Crippen molar-refractivity contribution in [1.82, 2.24) is 19.7 Å². The van der Waals surface area contributed by atoms with Crippen molar-refractivity contribution in [3.63, 3.8) is 0 Å². The first-order valence-corrected chi connectivity index (χ1v) is 19.4. The number of nitrogens with zero attached hydrogens (tertiary/aromatic N) is 4. The molecule has 2 aromatic heterocycles. The summed E-state index contributed by atoms with van der Waals surface area (Å²) in [5.74, 6) is -0.127. The van der Waals surface area contributed by atoms with Gasteiger partial charge in [0.25, 0.3) is 11.5 Å². The second kappa shape index (κ2) is 15.6. The summed E-state index contributed by atoms with van der Waals surface area (Å²) in [6.07, 6.45) is 2.26. The number of nitrogens with one attached hydrogen (secondary N) is 1. The standard InChI is InChI=1S/C42H41N5O8S/c1-53-35-18-28(32-23-46(41(51)30-12-17-56-39(30)32)24-38(49)55-25-26-6-4-3-5-7-26)19-36(54-2)33(35)22-44-13-15-45(16-14-44)29-9-8-27-21-47(42(52)31(27)20-29)34-10-11-37(48)43-40(34)50/h3-9,12,17-20,23,34H,10-11,13-16,21-22,24-25H2,1-2H3,(H,43,48,50). The van der Waals surface area contributed by atoms with Gasteiger partial charge in [-0.2, -0.15) is 0 Å². The number of rotatable bonds is 11. The monoisotopic (exact) mass is 775 g/mol. The maximum atomic E-state index is 13.4. The molecule has 288 valence electrons. The molecule has 2 saturated heterocycles. The average Bonchev–Trinajstić information content (AvgIpc) is 3.84. The first-order valence-electron chi connectivity index (χ1n) is 18.5. The Morgan fingerprint density at radius 1 is 0.893 bits per heavy atom. The number of fused-ring (bicyclic) bond motifs is 2. The molecule has 0 bridgehead atoms. The second-order valence-electron chi connectivity index (χ2n) is 14.1. The number of esters is 1. The smallest absolute Gasteiger partial charge is 0.326 e. The topological polar surface area (TPSA) is 140 Å². The van der Waals surface area contributed by atoms with Crippen molar-refractivity contribution < 1.29 is 33.4 Å². The molecule has 5 heterocycles. The van der Waals surface area contributed by atoms with Gasteiger partial charge in [0.2, 0.25) is 11.8 Å². The predicted octanol–water partition coefficient (Wildman–Crippen LogP) is 4.57. The number of methoxy groups -OCH3 is 2. The Bertz CT molecular complexity index is 2380. The number of ether oxygens (including phenoxy) is 3. The lowest BCUT2D eigenvalue weighted by atomic mass is 10.0. The second-order valence-corrected chi connectivity index (χ2v) is 15.1. The lowest BCUT2D eigenvalue weighted by molar-refractivity contribution is -0.145. The van der Waals surface area contributed by atoms with E-state index in [9.17, 15) is 24.0 Å². The molecular formula is C42H41N5O8S. The highest BCUT2D eigenvalue weighted by Crippen LogP contribution is 2.39. The molecule has 3 aliphatic heterocycles. The Morgan fingerprint density at radius 2 is 1.64 bits per heavy atom. The number of aromatic nitrogens is 1. The molecule has 3 amide bonds. The van der Waals surface area contributed by atoms with Crippen LogP contribution < -0.4 is 25.2 Å². The molecule has 56 heavy (non-hydrogen) atoms. The Hall–Kier alpha value is -5.99. The van der Waals surface area contributed by atoms with Crippen molar-refractivity contribution in [2.24, 2.45) is 0 Å². The fourth-order valence-electron chi connectivity index (χ4n) is 7.78. The third-order valence-electron chi connectivity index (χ3n) is 10.8. The fourth-order valence-corrected chi connectivity index (χ4v) is 8.70. The van der Waals surface area contributed by atoms with Crippen LogP contribution >= 0.6 is 11.3 Å². The number of benzene rings is 3. The number of piperidine rings is 1. The Morgan fingerprint density at radius 3 is 2.36 bits per heavy atom. The zero-order chi connectivity index (χ0) is 38.9. The molecule has 3 aromatic carbocycles. The molecule has 14 heteroatoms. The molecule has 13 nitrogen and oxygen atoms in total. The maximum absolute atomic E-state index is 13.4. The Labute approximate surface area is 327 Å². The maximum Gasteiger partial charge on any atom is 0.326 e. The van der Waals surface area contributed by atoms with E-state index in [0.29, 0.717) is 42.0 Å². The van der Waals surface area contributed by atoms with Crippen molar-refractivity contribution in [2.75, 3.05) is 45.3 Å². The van der Waals surface area contributed by atoms with Gasteiger partial charge in [0.15, 0.2) is 0 Å². The van der Waals surface area contributed by atoms with Gasteiger partial charge in [0.1, 0.15) is 30.7 Å². The van der Waals surface area contributed by atoms with E-state index in [4.69, 9.17) is 14.2 Å². The normalized spacial score (nSPS) is 17.2. The molecule has 1 N–H and O–H groups in total. The van der Waals surface area contributed by atoms with Crippen LogP contribution in [0.5, 0.6) is 11.5 Å². The van der Waals surface area contributed by atoms with E-state index >= 15 is 0 Å². The number of hydrogen-bond donors (Lipinski definition) is 1. The molecule has 2 fully saturated rings. The number of thiophene rings is 1. The van der Waals surface area contributed by atoms with Gasteiger partial charge in [-0.3, -0.25) is 34.2 Å². The summed E-state index contributed by atoms with van der Waals surface area (Å²) in [7, 11) is 3.25. The summed E-state index contributed by atoms with van der Waals surface area (Å²) in [5, 5.41) is 4.74. The van der Waals surface area contributed by atoms with Crippen LogP contribution in [0.2, 0.25) is 0 Å². The lowest BCUT2D eigenvalue weighted by Gasteiger charge is -2.36. The number of hydrogen-bond acceptors (Lipinski definition) is 11. The summed E-state index contributed by atoms with van der Waals surface area (Å²) < 4.78 is 19.6. The van der Waals surface area contributed by atoms with Crippen LogP contribution in [-0.2, 0) is 45.4 Å². The summed E-state index contributed by atoms with van der Waals surface area (Å²) in [6.45, 7) is 3.79. The first kappa shape index (κ1) is 37.0. The van der Waals surface area contributed by atoms with E-state index in [-0.39, 0.29) is 36.9 Å².